The Morgan fingerprint density at radius 1 is 1.30 bits per heavy atom. The number of halogens is 1. The Bertz CT molecular complexity index is 451. The maximum Gasteiger partial charge on any atom is 0.260 e. The number of benzene rings is 1. The molecule has 0 saturated carbocycles. The number of ether oxygens (including phenoxy) is 1. The molecular formula is C15H23BrN2O2. The zero-order valence-corrected chi connectivity index (χ0v) is 14.1. The lowest BCUT2D eigenvalue weighted by atomic mass is 10.1. The normalized spacial score (nSPS) is 13.7. The number of hydrogen-bond acceptors (Lipinski definition) is 3. The quantitative estimate of drug-likeness (QED) is 0.800. The summed E-state index contributed by atoms with van der Waals surface area (Å²) in [5.41, 5.74) is 1.05. The van der Waals surface area contributed by atoms with Crippen LogP contribution in [0, 0.1) is 0 Å². The van der Waals surface area contributed by atoms with Crippen molar-refractivity contribution in [1.29, 1.82) is 0 Å². The number of amides is 1. The summed E-state index contributed by atoms with van der Waals surface area (Å²) in [6.07, 6.45) is -0.517. The minimum Gasteiger partial charge on any atom is -0.481 e. The molecule has 2 atom stereocenters. The average Bonchev–Trinajstić information content (AvgIpc) is 2.39. The predicted octanol–water partition coefficient (Wildman–Crippen LogP) is 3.02. The predicted molar refractivity (Wildman–Crippen MR) is 85.0 cm³/mol. The van der Waals surface area contributed by atoms with Crippen LogP contribution in [-0.2, 0) is 4.79 Å². The van der Waals surface area contributed by atoms with Crippen LogP contribution in [0.5, 0.6) is 5.75 Å². The highest BCUT2D eigenvalue weighted by molar-refractivity contribution is 9.10. The van der Waals surface area contributed by atoms with E-state index in [9.17, 15) is 4.79 Å². The third kappa shape index (κ3) is 4.80. The third-order valence-corrected chi connectivity index (χ3v) is 3.47. The van der Waals surface area contributed by atoms with Crippen molar-refractivity contribution in [2.75, 3.05) is 13.1 Å². The second-order valence-electron chi connectivity index (χ2n) is 4.62. The van der Waals surface area contributed by atoms with Crippen molar-refractivity contribution < 1.29 is 9.53 Å². The summed E-state index contributed by atoms with van der Waals surface area (Å²) in [7, 11) is 0. The van der Waals surface area contributed by atoms with E-state index in [1.165, 1.54) is 0 Å². The third-order valence-electron chi connectivity index (χ3n) is 2.98. The molecule has 0 aliphatic rings. The van der Waals surface area contributed by atoms with Gasteiger partial charge < -0.3 is 15.4 Å². The zero-order chi connectivity index (χ0) is 15.1. The molecule has 20 heavy (non-hydrogen) atoms. The Kier molecular flexibility index (Phi) is 7.02. The molecule has 0 fully saturated rings. The van der Waals surface area contributed by atoms with Crippen LogP contribution in [0.2, 0.25) is 0 Å². The summed E-state index contributed by atoms with van der Waals surface area (Å²) in [6, 6.07) is 6.06. The fraction of sp³-hybridized carbons (Fsp3) is 0.533. The Morgan fingerprint density at radius 3 is 2.60 bits per heavy atom. The van der Waals surface area contributed by atoms with E-state index in [4.69, 9.17) is 4.74 Å². The van der Waals surface area contributed by atoms with Crippen molar-refractivity contribution >= 4 is 21.8 Å². The molecule has 0 radical (unpaired) electrons. The van der Waals surface area contributed by atoms with Crippen molar-refractivity contribution in [3.63, 3.8) is 0 Å². The number of likely N-dealkylation sites (N-methyl/N-ethyl adjacent to an activating group) is 1. The van der Waals surface area contributed by atoms with Crippen LogP contribution in [-0.4, -0.2) is 25.1 Å². The maximum absolute atomic E-state index is 11.8. The van der Waals surface area contributed by atoms with Gasteiger partial charge in [-0.3, -0.25) is 4.79 Å². The van der Waals surface area contributed by atoms with Crippen LogP contribution in [0.4, 0.5) is 0 Å². The lowest BCUT2D eigenvalue weighted by Gasteiger charge is -2.21. The minimum absolute atomic E-state index is 0.102. The molecule has 0 spiro atoms. The van der Waals surface area contributed by atoms with E-state index in [-0.39, 0.29) is 11.9 Å². The van der Waals surface area contributed by atoms with Crippen molar-refractivity contribution in [3.05, 3.63) is 28.2 Å². The number of carbonyl (C=O) groups excluding carboxylic acids is 1. The Balaban J connectivity index is 2.92. The van der Waals surface area contributed by atoms with E-state index in [0.29, 0.717) is 6.54 Å². The number of nitrogens with one attached hydrogen (secondary N) is 2. The van der Waals surface area contributed by atoms with Crippen molar-refractivity contribution in [2.24, 2.45) is 0 Å². The molecule has 112 valence electrons. The largest absolute Gasteiger partial charge is 0.481 e. The van der Waals surface area contributed by atoms with Gasteiger partial charge >= 0.3 is 0 Å². The lowest BCUT2D eigenvalue weighted by molar-refractivity contribution is -0.127. The first-order chi connectivity index (χ1) is 9.49. The smallest absolute Gasteiger partial charge is 0.260 e. The molecule has 2 N–H and O–H groups in total. The topological polar surface area (TPSA) is 50.4 Å². The number of hydrogen-bond donors (Lipinski definition) is 2. The number of carbonyl (C=O) groups is 1. The van der Waals surface area contributed by atoms with Crippen molar-refractivity contribution in [2.45, 2.75) is 39.8 Å². The van der Waals surface area contributed by atoms with Gasteiger partial charge in [-0.2, -0.15) is 0 Å². The fourth-order valence-corrected chi connectivity index (χ4v) is 2.29. The second kappa shape index (κ2) is 8.27. The molecule has 1 amide bonds. The Morgan fingerprint density at radius 2 is 2.00 bits per heavy atom. The first-order valence-corrected chi connectivity index (χ1v) is 7.76. The van der Waals surface area contributed by atoms with Gasteiger partial charge in [0.1, 0.15) is 5.75 Å². The van der Waals surface area contributed by atoms with E-state index in [2.05, 4.69) is 40.4 Å². The van der Waals surface area contributed by atoms with Crippen LogP contribution in [0.25, 0.3) is 0 Å². The fourth-order valence-electron chi connectivity index (χ4n) is 1.95. The molecular weight excluding hydrogens is 320 g/mol. The summed E-state index contributed by atoms with van der Waals surface area (Å²) in [5, 5.41) is 6.12. The second-order valence-corrected chi connectivity index (χ2v) is 5.53. The first kappa shape index (κ1) is 17.0. The monoisotopic (exact) mass is 342 g/mol. The van der Waals surface area contributed by atoms with E-state index < -0.39 is 6.10 Å². The van der Waals surface area contributed by atoms with Crippen LogP contribution in [0.1, 0.15) is 39.3 Å². The molecule has 0 bridgehead atoms. The lowest BCUT2D eigenvalue weighted by Crippen LogP contribution is -2.36. The van der Waals surface area contributed by atoms with Gasteiger partial charge in [0.05, 0.1) is 0 Å². The van der Waals surface area contributed by atoms with Gasteiger partial charge in [0.15, 0.2) is 6.10 Å². The minimum atomic E-state index is -0.517. The summed E-state index contributed by atoms with van der Waals surface area (Å²) in [4.78, 5) is 11.8. The SMILES string of the molecule is CCNC(=O)C(C)Oc1cc(Br)ccc1C(C)NCC. The molecule has 4 nitrogen and oxygen atoms in total. The van der Waals surface area contributed by atoms with Gasteiger partial charge in [-0.1, -0.05) is 28.9 Å². The average molecular weight is 343 g/mol. The van der Waals surface area contributed by atoms with Crippen molar-refractivity contribution in [1.82, 2.24) is 10.6 Å². The van der Waals surface area contributed by atoms with Gasteiger partial charge in [0.25, 0.3) is 5.91 Å². The molecule has 0 aliphatic carbocycles. The molecule has 1 rings (SSSR count). The van der Waals surface area contributed by atoms with Crippen LogP contribution >= 0.6 is 15.9 Å². The molecule has 0 saturated heterocycles. The molecule has 1 aromatic rings. The van der Waals surface area contributed by atoms with Gasteiger partial charge in [-0.15, -0.1) is 0 Å². The van der Waals surface area contributed by atoms with Crippen LogP contribution in [0.3, 0.4) is 0 Å². The molecule has 1 aromatic carbocycles. The summed E-state index contributed by atoms with van der Waals surface area (Å²) >= 11 is 3.44. The summed E-state index contributed by atoms with van der Waals surface area (Å²) < 4.78 is 6.76. The van der Waals surface area contributed by atoms with E-state index in [0.717, 1.165) is 22.3 Å². The highest BCUT2D eigenvalue weighted by Gasteiger charge is 2.18. The summed E-state index contributed by atoms with van der Waals surface area (Å²) in [6.45, 7) is 9.27. The highest BCUT2D eigenvalue weighted by atomic mass is 79.9. The molecule has 0 heterocycles. The standard InChI is InChI=1S/C15H23BrN2O2/c1-5-17-10(3)13-8-7-12(16)9-14(13)20-11(4)15(19)18-6-2/h7-11,17H,5-6H2,1-4H3,(H,18,19). The summed E-state index contributed by atoms with van der Waals surface area (Å²) in [5.74, 6) is 0.626. The Labute approximate surface area is 129 Å². The van der Waals surface area contributed by atoms with Gasteiger partial charge in [-0.25, -0.2) is 0 Å². The van der Waals surface area contributed by atoms with Crippen LogP contribution < -0.4 is 15.4 Å². The first-order valence-electron chi connectivity index (χ1n) is 6.96. The number of rotatable bonds is 7. The van der Waals surface area contributed by atoms with E-state index in [1.54, 1.807) is 6.92 Å². The molecule has 0 aliphatic heterocycles. The zero-order valence-electron chi connectivity index (χ0n) is 12.5. The van der Waals surface area contributed by atoms with Gasteiger partial charge in [-0.05, 0) is 39.4 Å². The van der Waals surface area contributed by atoms with Crippen molar-refractivity contribution in [3.8, 4) is 5.75 Å². The molecule has 2 unspecified atom stereocenters. The van der Waals surface area contributed by atoms with E-state index >= 15 is 0 Å². The Hall–Kier alpha value is -1.07. The maximum atomic E-state index is 11.8. The molecule has 5 heteroatoms. The highest BCUT2D eigenvalue weighted by Crippen LogP contribution is 2.29. The van der Waals surface area contributed by atoms with Crippen LogP contribution in [0.15, 0.2) is 22.7 Å². The van der Waals surface area contributed by atoms with Gasteiger partial charge in [0, 0.05) is 22.6 Å². The van der Waals surface area contributed by atoms with E-state index in [1.807, 2.05) is 25.1 Å². The molecule has 0 aromatic heterocycles. The van der Waals surface area contributed by atoms with Gasteiger partial charge in [0.2, 0.25) is 0 Å².